The smallest absolute Gasteiger partial charge is 0.349 e. The van der Waals surface area contributed by atoms with Crippen molar-refractivity contribution >= 4 is 29.2 Å². The molecule has 0 saturated heterocycles. The third-order valence-corrected chi connectivity index (χ3v) is 4.54. The Morgan fingerprint density at radius 3 is 2.17 bits per heavy atom. The molecular formula is C23H20ClNO4. The highest BCUT2D eigenvalue weighted by molar-refractivity contribution is 6.30. The van der Waals surface area contributed by atoms with Gasteiger partial charge in [0.25, 0.3) is 5.91 Å². The molecule has 0 radical (unpaired) electrons. The molecule has 1 N–H and O–H groups in total. The van der Waals surface area contributed by atoms with Crippen LogP contribution in [-0.4, -0.2) is 18.5 Å². The molecule has 0 unspecified atom stereocenters. The Bertz CT molecular complexity index is 1010. The van der Waals surface area contributed by atoms with Crippen LogP contribution in [0.5, 0.6) is 11.5 Å². The highest BCUT2D eigenvalue weighted by atomic mass is 35.5. The number of hydrogen-bond donors (Lipinski definition) is 1. The molecule has 6 heteroatoms. The average molecular weight is 410 g/mol. The molecule has 0 aromatic heterocycles. The number of carbonyl (C=O) groups excluding carboxylic acids is 2. The zero-order chi connectivity index (χ0) is 20.8. The van der Waals surface area contributed by atoms with Gasteiger partial charge in [-0.05, 0) is 85.6 Å². The molecule has 0 atom stereocenters. The fourth-order valence-corrected chi connectivity index (χ4v) is 2.64. The molecule has 5 nitrogen and oxygen atoms in total. The maximum absolute atomic E-state index is 12.3. The summed E-state index contributed by atoms with van der Waals surface area (Å²) in [5.74, 6) is 0.144. The minimum atomic E-state index is -0.526. The third kappa shape index (κ3) is 5.83. The molecule has 0 aliphatic carbocycles. The second kappa shape index (κ2) is 9.26. The molecule has 148 valence electrons. The molecule has 0 fully saturated rings. The van der Waals surface area contributed by atoms with Gasteiger partial charge >= 0.3 is 5.97 Å². The van der Waals surface area contributed by atoms with Gasteiger partial charge in [-0.2, -0.15) is 0 Å². The molecule has 29 heavy (non-hydrogen) atoms. The Hall–Kier alpha value is -3.31. The monoisotopic (exact) mass is 409 g/mol. The quantitative estimate of drug-likeness (QED) is 0.449. The van der Waals surface area contributed by atoms with Crippen LogP contribution in [0, 0.1) is 13.8 Å². The van der Waals surface area contributed by atoms with Gasteiger partial charge < -0.3 is 14.8 Å². The Balaban J connectivity index is 1.52. The number of benzene rings is 3. The van der Waals surface area contributed by atoms with E-state index in [-0.39, 0.29) is 12.5 Å². The van der Waals surface area contributed by atoms with E-state index in [0.29, 0.717) is 27.8 Å². The topological polar surface area (TPSA) is 64.6 Å². The number of carbonyl (C=O) groups is 2. The predicted molar refractivity (Wildman–Crippen MR) is 113 cm³/mol. The fourth-order valence-electron chi connectivity index (χ4n) is 2.52. The summed E-state index contributed by atoms with van der Waals surface area (Å²) in [4.78, 5) is 24.3. The number of ether oxygens (including phenoxy) is 2. The summed E-state index contributed by atoms with van der Waals surface area (Å²) >= 11 is 5.83. The van der Waals surface area contributed by atoms with Crippen molar-refractivity contribution in [3.63, 3.8) is 0 Å². The lowest BCUT2D eigenvalue weighted by Crippen LogP contribution is -2.18. The molecule has 0 bridgehead atoms. The summed E-state index contributed by atoms with van der Waals surface area (Å²) in [7, 11) is 0. The van der Waals surface area contributed by atoms with Gasteiger partial charge in [-0.3, -0.25) is 4.79 Å². The van der Waals surface area contributed by atoms with E-state index in [2.05, 4.69) is 5.32 Å². The number of aryl methyl sites for hydroxylation is 2. The van der Waals surface area contributed by atoms with Crippen LogP contribution in [0.1, 0.15) is 21.5 Å². The lowest BCUT2D eigenvalue weighted by Gasteiger charge is -2.09. The summed E-state index contributed by atoms with van der Waals surface area (Å²) in [6.07, 6.45) is 0. The van der Waals surface area contributed by atoms with E-state index in [1.54, 1.807) is 48.5 Å². The Labute approximate surface area is 174 Å². The van der Waals surface area contributed by atoms with Crippen molar-refractivity contribution in [3.05, 3.63) is 88.4 Å². The van der Waals surface area contributed by atoms with E-state index >= 15 is 0 Å². The maximum atomic E-state index is 12.3. The lowest BCUT2D eigenvalue weighted by atomic mass is 10.1. The van der Waals surface area contributed by atoms with E-state index in [9.17, 15) is 9.59 Å². The van der Waals surface area contributed by atoms with E-state index < -0.39 is 5.97 Å². The number of esters is 1. The number of amides is 1. The molecule has 0 aliphatic heterocycles. The van der Waals surface area contributed by atoms with Crippen molar-refractivity contribution in [2.45, 2.75) is 13.8 Å². The number of rotatable bonds is 6. The first kappa shape index (κ1) is 20.4. The standard InChI is InChI=1S/C23H20ClNO4/c1-15-3-10-21(13-16(15)2)28-14-22(26)29-20-11-4-17(5-12-20)23(27)25-19-8-6-18(24)7-9-19/h3-13H,14H2,1-2H3,(H,25,27). The molecule has 3 aromatic carbocycles. The van der Waals surface area contributed by atoms with Crippen LogP contribution in [0.4, 0.5) is 5.69 Å². The van der Waals surface area contributed by atoms with Gasteiger partial charge in [0, 0.05) is 16.3 Å². The molecule has 1 amide bonds. The molecule has 3 rings (SSSR count). The van der Waals surface area contributed by atoms with Crippen molar-refractivity contribution < 1.29 is 19.1 Å². The SMILES string of the molecule is Cc1ccc(OCC(=O)Oc2ccc(C(=O)Nc3ccc(Cl)cc3)cc2)cc1C. The van der Waals surface area contributed by atoms with Gasteiger partial charge in [0.1, 0.15) is 11.5 Å². The predicted octanol–water partition coefficient (Wildman–Crippen LogP) is 5.19. The highest BCUT2D eigenvalue weighted by Gasteiger charge is 2.10. The summed E-state index contributed by atoms with van der Waals surface area (Å²) in [5.41, 5.74) is 3.31. The van der Waals surface area contributed by atoms with Gasteiger partial charge in [-0.25, -0.2) is 4.79 Å². The van der Waals surface area contributed by atoms with Crippen molar-refractivity contribution in [1.82, 2.24) is 0 Å². The van der Waals surface area contributed by atoms with Crippen molar-refractivity contribution in [2.24, 2.45) is 0 Å². The average Bonchev–Trinajstić information content (AvgIpc) is 2.71. The zero-order valence-electron chi connectivity index (χ0n) is 16.1. The summed E-state index contributed by atoms with van der Waals surface area (Å²) in [6, 6.07) is 18.7. The molecule has 0 heterocycles. The van der Waals surface area contributed by atoms with Crippen molar-refractivity contribution in [1.29, 1.82) is 0 Å². The zero-order valence-corrected chi connectivity index (χ0v) is 16.8. The Kier molecular flexibility index (Phi) is 6.52. The van der Waals surface area contributed by atoms with E-state index in [4.69, 9.17) is 21.1 Å². The summed E-state index contributed by atoms with van der Waals surface area (Å²) in [6.45, 7) is 3.78. The summed E-state index contributed by atoms with van der Waals surface area (Å²) in [5, 5.41) is 3.36. The largest absolute Gasteiger partial charge is 0.482 e. The second-order valence-corrected chi connectivity index (χ2v) is 6.93. The number of halogens is 1. The van der Waals surface area contributed by atoms with Crippen LogP contribution in [-0.2, 0) is 4.79 Å². The molecular weight excluding hydrogens is 390 g/mol. The van der Waals surface area contributed by atoms with Crippen molar-refractivity contribution in [3.8, 4) is 11.5 Å². The van der Waals surface area contributed by atoms with E-state index in [1.807, 2.05) is 32.0 Å². The molecule has 0 saturated carbocycles. The fraction of sp³-hybridized carbons (Fsp3) is 0.130. The lowest BCUT2D eigenvalue weighted by molar-refractivity contribution is -0.136. The van der Waals surface area contributed by atoms with Crippen LogP contribution < -0.4 is 14.8 Å². The van der Waals surface area contributed by atoms with Gasteiger partial charge in [0.2, 0.25) is 0 Å². The van der Waals surface area contributed by atoms with E-state index in [1.165, 1.54) is 0 Å². The number of nitrogens with one attached hydrogen (secondary N) is 1. The number of anilines is 1. The first-order valence-corrected chi connectivity index (χ1v) is 9.36. The van der Waals surface area contributed by atoms with Gasteiger partial charge in [-0.1, -0.05) is 17.7 Å². The Morgan fingerprint density at radius 2 is 1.52 bits per heavy atom. The van der Waals surface area contributed by atoms with E-state index in [0.717, 1.165) is 11.1 Å². The van der Waals surface area contributed by atoms with Crippen molar-refractivity contribution in [2.75, 3.05) is 11.9 Å². The van der Waals surface area contributed by atoms with Crippen LogP contribution in [0.25, 0.3) is 0 Å². The van der Waals surface area contributed by atoms with Gasteiger partial charge in [-0.15, -0.1) is 0 Å². The summed E-state index contributed by atoms with van der Waals surface area (Å²) < 4.78 is 10.7. The molecule has 3 aromatic rings. The minimum absolute atomic E-state index is 0.207. The minimum Gasteiger partial charge on any atom is -0.482 e. The van der Waals surface area contributed by atoms with Crippen LogP contribution in [0.15, 0.2) is 66.7 Å². The van der Waals surface area contributed by atoms with Crippen LogP contribution >= 0.6 is 11.6 Å². The van der Waals surface area contributed by atoms with Crippen LogP contribution in [0.3, 0.4) is 0 Å². The first-order chi connectivity index (χ1) is 13.9. The molecule has 0 aliphatic rings. The maximum Gasteiger partial charge on any atom is 0.349 e. The molecule has 0 spiro atoms. The first-order valence-electron chi connectivity index (χ1n) is 8.98. The van der Waals surface area contributed by atoms with Gasteiger partial charge in [0.15, 0.2) is 6.61 Å². The Morgan fingerprint density at radius 1 is 0.862 bits per heavy atom. The van der Waals surface area contributed by atoms with Gasteiger partial charge in [0.05, 0.1) is 0 Å². The number of hydrogen-bond acceptors (Lipinski definition) is 4. The third-order valence-electron chi connectivity index (χ3n) is 4.29. The normalized spacial score (nSPS) is 10.3. The highest BCUT2D eigenvalue weighted by Crippen LogP contribution is 2.18. The second-order valence-electron chi connectivity index (χ2n) is 6.49. The van der Waals surface area contributed by atoms with Crippen LogP contribution in [0.2, 0.25) is 5.02 Å².